The van der Waals surface area contributed by atoms with Crippen LogP contribution < -0.4 is 11.1 Å². The fourth-order valence-electron chi connectivity index (χ4n) is 1.57. The lowest BCUT2D eigenvalue weighted by Gasteiger charge is -2.10. The number of nitrogen functional groups attached to an aromatic ring is 1. The number of nitrogens with two attached hydrogens (primary N) is 1. The van der Waals surface area contributed by atoms with Gasteiger partial charge in [0, 0.05) is 18.9 Å². The monoisotopic (exact) mass is 270 g/mol. The highest BCUT2D eigenvalue weighted by Crippen LogP contribution is 2.35. The van der Waals surface area contributed by atoms with E-state index < -0.39 is 0 Å². The number of nitrogens with zero attached hydrogens (tertiary/aromatic N) is 2. The van der Waals surface area contributed by atoms with Crippen LogP contribution in [-0.2, 0) is 7.05 Å². The molecule has 3 N–H and O–H groups in total. The quantitative estimate of drug-likeness (QED) is 0.823. The fraction of sp³-hybridized carbons (Fsp3) is 0.182. The van der Waals surface area contributed by atoms with E-state index in [0.29, 0.717) is 21.4 Å². The molecule has 0 atom stereocenters. The zero-order valence-electron chi connectivity index (χ0n) is 9.46. The molecule has 0 aliphatic rings. The lowest BCUT2D eigenvalue weighted by molar-refractivity contribution is 0.756. The van der Waals surface area contributed by atoms with Crippen LogP contribution in [0, 0.1) is 6.92 Å². The Hall–Kier alpha value is -1.39. The smallest absolute Gasteiger partial charge is 0.0828 e. The summed E-state index contributed by atoms with van der Waals surface area (Å²) < 4.78 is 1.72. The van der Waals surface area contributed by atoms with E-state index in [1.807, 2.05) is 20.2 Å². The predicted molar refractivity (Wildman–Crippen MR) is 72.1 cm³/mol. The van der Waals surface area contributed by atoms with Crippen molar-refractivity contribution in [3.8, 4) is 0 Å². The van der Waals surface area contributed by atoms with Gasteiger partial charge in [0.15, 0.2) is 0 Å². The molecule has 17 heavy (non-hydrogen) atoms. The normalized spacial score (nSPS) is 10.6. The van der Waals surface area contributed by atoms with Crippen molar-refractivity contribution >= 4 is 40.3 Å². The number of hydrogen-bond donors (Lipinski definition) is 2. The number of benzene rings is 1. The maximum atomic E-state index is 6.09. The van der Waals surface area contributed by atoms with E-state index >= 15 is 0 Å². The molecular weight excluding hydrogens is 259 g/mol. The van der Waals surface area contributed by atoms with Gasteiger partial charge in [0.1, 0.15) is 0 Å². The van der Waals surface area contributed by atoms with Crippen LogP contribution in [0.3, 0.4) is 0 Å². The second-order valence-electron chi connectivity index (χ2n) is 3.79. The Kier molecular flexibility index (Phi) is 3.17. The van der Waals surface area contributed by atoms with Crippen LogP contribution >= 0.6 is 23.2 Å². The summed E-state index contributed by atoms with van der Waals surface area (Å²) in [4.78, 5) is 0. The molecule has 0 radical (unpaired) electrons. The molecule has 90 valence electrons. The summed E-state index contributed by atoms with van der Waals surface area (Å²) in [6.07, 6.45) is 1.86. The maximum absolute atomic E-state index is 6.09. The van der Waals surface area contributed by atoms with Gasteiger partial charge in [-0.2, -0.15) is 5.10 Å². The van der Waals surface area contributed by atoms with Crippen molar-refractivity contribution in [2.45, 2.75) is 6.92 Å². The van der Waals surface area contributed by atoms with Crippen molar-refractivity contribution < 1.29 is 0 Å². The molecule has 4 nitrogen and oxygen atoms in total. The highest BCUT2D eigenvalue weighted by atomic mass is 35.5. The van der Waals surface area contributed by atoms with Crippen molar-refractivity contribution in [2.24, 2.45) is 7.05 Å². The van der Waals surface area contributed by atoms with Gasteiger partial charge in [-0.15, -0.1) is 0 Å². The predicted octanol–water partition coefficient (Wildman–Crippen LogP) is 3.36. The number of nitrogens with one attached hydrogen (secondary N) is 1. The summed E-state index contributed by atoms with van der Waals surface area (Å²) in [6, 6.07) is 3.31. The molecule has 0 spiro atoms. The van der Waals surface area contributed by atoms with Crippen molar-refractivity contribution in [3.63, 3.8) is 0 Å². The molecule has 0 aliphatic carbocycles. The average Bonchev–Trinajstić information content (AvgIpc) is 2.51. The first-order valence-corrected chi connectivity index (χ1v) is 5.74. The van der Waals surface area contributed by atoms with Gasteiger partial charge < -0.3 is 11.1 Å². The van der Waals surface area contributed by atoms with Crippen LogP contribution in [0.1, 0.15) is 5.69 Å². The summed E-state index contributed by atoms with van der Waals surface area (Å²) in [5.41, 5.74) is 8.55. The summed E-state index contributed by atoms with van der Waals surface area (Å²) in [5, 5.41) is 8.35. The van der Waals surface area contributed by atoms with Gasteiger partial charge >= 0.3 is 0 Å². The third-order valence-electron chi connectivity index (χ3n) is 2.34. The first kappa shape index (κ1) is 12.1. The van der Waals surface area contributed by atoms with Crippen molar-refractivity contribution in [1.82, 2.24) is 9.78 Å². The molecule has 0 aliphatic heterocycles. The van der Waals surface area contributed by atoms with E-state index in [9.17, 15) is 0 Å². The van der Waals surface area contributed by atoms with E-state index in [4.69, 9.17) is 28.9 Å². The van der Waals surface area contributed by atoms with Gasteiger partial charge in [-0.3, -0.25) is 4.68 Å². The number of aryl methyl sites for hydroxylation is 2. The van der Waals surface area contributed by atoms with Gasteiger partial charge in [-0.1, -0.05) is 23.2 Å². The Morgan fingerprint density at radius 3 is 2.35 bits per heavy atom. The molecule has 0 bridgehead atoms. The third kappa shape index (κ3) is 2.48. The van der Waals surface area contributed by atoms with Crippen LogP contribution in [0.5, 0.6) is 0 Å². The highest BCUT2D eigenvalue weighted by molar-refractivity contribution is 6.39. The summed E-state index contributed by atoms with van der Waals surface area (Å²) >= 11 is 12.2. The zero-order valence-corrected chi connectivity index (χ0v) is 11.0. The largest absolute Gasteiger partial charge is 0.399 e. The van der Waals surface area contributed by atoms with Gasteiger partial charge in [0.05, 0.1) is 27.1 Å². The molecule has 0 fully saturated rings. The minimum Gasteiger partial charge on any atom is -0.399 e. The van der Waals surface area contributed by atoms with Crippen molar-refractivity contribution in [2.75, 3.05) is 11.1 Å². The van der Waals surface area contributed by atoms with E-state index in [2.05, 4.69) is 10.4 Å². The van der Waals surface area contributed by atoms with Crippen LogP contribution in [0.25, 0.3) is 0 Å². The van der Waals surface area contributed by atoms with E-state index in [-0.39, 0.29) is 0 Å². The standard InChI is InChI=1S/C11H12Cl2N4/c1-6-10(5-17(2)16-6)15-11-8(12)3-7(14)4-9(11)13/h3-5,15H,14H2,1-2H3. The molecule has 0 saturated heterocycles. The molecular formula is C11H12Cl2N4. The van der Waals surface area contributed by atoms with Crippen LogP contribution in [-0.4, -0.2) is 9.78 Å². The fourth-order valence-corrected chi connectivity index (χ4v) is 2.17. The Balaban J connectivity index is 2.39. The Morgan fingerprint density at radius 1 is 1.29 bits per heavy atom. The minimum absolute atomic E-state index is 0.484. The first-order chi connectivity index (χ1) is 7.97. The van der Waals surface area contributed by atoms with Crippen LogP contribution in [0.2, 0.25) is 10.0 Å². The van der Waals surface area contributed by atoms with Crippen LogP contribution in [0.15, 0.2) is 18.3 Å². The number of aromatic nitrogens is 2. The minimum atomic E-state index is 0.484. The molecule has 0 unspecified atom stereocenters. The third-order valence-corrected chi connectivity index (χ3v) is 2.93. The zero-order chi connectivity index (χ0) is 12.6. The number of rotatable bonds is 2. The first-order valence-electron chi connectivity index (χ1n) is 4.99. The second-order valence-corrected chi connectivity index (χ2v) is 4.60. The van der Waals surface area contributed by atoms with Gasteiger partial charge in [0.25, 0.3) is 0 Å². The molecule has 1 heterocycles. The molecule has 0 saturated carbocycles. The van der Waals surface area contributed by atoms with Crippen LogP contribution in [0.4, 0.5) is 17.1 Å². The topological polar surface area (TPSA) is 55.9 Å². The molecule has 1 aromatic heterocycles. The molecule has 0 amide bonds. The average molecular weight is 271 g/mol. The Labute approximate surface area is 109 Å². The molecule has 1 aromatic carbocycles. The molecule has 6 heteroatoms. The second kappa shape index (κ2) is 4.47. The number of halogens is 2. The van der Waals surface area contributed by atoms with Crippen molar-refractivity contribution in [1.29, 1.82) is 0 Å². The molecule has 2 rings (SSSR count). The maximum Gasteiger partial charge on any atom is 0.0828 e. The summed E-state index contributed by atoms with van der Waals surface area (Å²) in [5.74, 6) is 0. The van der Waals surface area contributed by atoms with E-state index in [1.165, 1.54) is 0 Å². The van der Waals surface area contributed by atoms with Gasteiger partial charge in [-0.25, -0.2) is 0 Å². The molecule has 2 aromatic rings. The van der Waals surface area contributed by atoms with E-state index in [0.717, 1.165) is 11.4 Å². The van der Waals surface area contributed by atoms with Gasteiger partial charge in [-0.05, 0) is 19.1 Å². The Bertz CT molecular complexity index is 540. The number of hydrogen-bond acceptors (Lipinski definition) is 3. The Morgan fingerprint density at radius 2 is 1.88 bits per heavy atom. The highest BCUT2D eigenvalue weighted by Gasteiger charge is 2.10. The van der Waals surface area contributed by atoms with Gasteiger partial charge in [0.2, 0.25) is 0 Å². The number of anilines is 3. The van der Waals surface area contributed by atoms with Crippen molar-refractivity contribution in [3.05, 3.63) is 34.1 Å². The lowest BCUT2D eigenvalue weighted by Crippen LogP contribution is -1.94. The summed E-state index contributed by atoms with van der Waals surface area (Å²) in [6.45, 7) is 1.90. The SMILES string of the molecule is Cc1nn(C)cc1Nc1c(Cl)cc(N)cc1Cl. The lowest BCUT2D eigenvalue weighted by atomic mass is 10.2. The summed E-state index contributed by atoms with van der Waals surface area (Å²) in [7, 11) is 1.85. The van der Waals surface area contributed by atoms with E-state index in [1.54, 1.807) is 16.8 Å².